The smallest absolute Gasteiger partial charge is 0.153 e. The highest BCUT2D eigenvalue weighted by atomic mass is 16.1. The summed E-state index contributed by atoms with van der Waals surface area (Å²) in [6.07, 6.45) is 8.13. The monoisotopic (exact) mass is 243 g/mol. The fourth-order valence-corrected chi connectivity index (χ4v) is 2.08. The van der Waals surface area contributed by atoms with Crippen molar-refractivity contribution in [3.8, 4) is 11.3 Å². The third-order valence-corrected chi connectivity index (χ3v) is 3.16. The van der Waals surface area contributed by atoms with Gasteiger partial charge in [0.1, 0.15) is 5.69 Å². The molecular formula is C14H17N3O. The van der Waals surface area contributed by atoms with Crippen LogP contribution in [0.4, 0.5) is 0 Å². The van der Waals surface area contributed by atoms with E-state index in [0.717, 1.165) is 30.4 Å². The molecule has 2 aromatic heterocycles. The van der Waals surface area contributed by atoms with Crippen molar-refractivity contribution in [2.24, 2.45) is 0 Å². The molecule has 2 rings (SSSR count). The highest BCUT2D eigenvalue weighted by Gasteiger charge is 2.14. The maximum atomic E-state index is 11.1. The zero-order valence-electron chi connectivity index (χ0n) is 10.7. The molecule has 0 saturated carbocycles. The summed E-state index contributed by atoms with van der Waals surface area (Å²) in [5.41, 5.74) is 2.30. The van der Waals surface area contributed by atoms with E-state index in [-0.39, 0.29) is 0 Å². The minimum absolute atomic E-state index is 0.347. The van der Waals surface area contributed by atoms with E-state index in [0.29, 0.717) is 11.6 Å². The second-order valence-corrected chi connectivity index (χ2v) is 4.24. The molecule has 0 saturated heterocycles. The molecule has 0 radical (unpaired) electrons. The summed E-state index contributed by atoms with van der Waals surface area (Å²) >= 11 is 0. The van der Waals surface area contributed by atoms with Gasteiger partial charge in [-0.25, -0.2) is 0 Å². The zero-order chi connectivity index (χ0) is 13.0. The number of hydrogen-bond acceptors (Lipinski definition) is 3. The van der Waals surface area contributed by atoms with Crippen LogP contribution in [-0.4, -0.2) is 21.1 Å². The van der Waals surface area contributed by atoms with Crippen LogP contribution in [0.1, 0.15) is 43.1 Å². The lowest BCUT2D eigenvalue weighted by Crippen LogP contribution is -2.07. The molecule has 0 spiro atoms. The molecule has 4 heteroatoms. The predicted octanol–water partition coefficient (Wildman–Crippen LogP) is 3.12. The van der Waals surface area contributed by atoms with E-state index >= 15 is 0 Å². The Bertz CT molecular complexity index is 515. The quantitative estimate of drug-likeness (QED) is 0.758. The topological polar surface area (TPSA) is 47.8 Å². The third-order valence-electron chi connectivity index (χ3n) is 3.16. The molecule has 0 aromatic carbocycles. The van der Waals surface area contributed by atoms with Crippen molar-refractivity contribution < 1.29 is 4.79 Å². The van der Waals surface area contributed by atoms with E-state index in [4.69, 9.17) is 0 Å². The Morgan fingerprint density at radius 2 is 1.94 bits per heavy atom. The molecule has 18 heavy (non-hydrogen) atoms. The molecule has 2 aromatic rings. The number of pyridine rings is 1. The van der Waals surface area contributed by atoms with Crippen molar-refractivity contribution >= 4 is 6.29 Å². The number of nitrogens with zero attached hydrogens (tertiary/aromatic N) is 3. The van der Waals surface area contributed by atoms with Crippen molar-refractivity contribution in [3.63, 3.8) is 0 Å². The van der Waals surface area contributed by atoms with Crippen LogP contribution in [0.25, 0.3) is 11.3 Å². The van der Waals surface area contributed by atoms with Crippen LogP contribution in [0.2, 0.25) is 0 Å². The summed E-state index contributed by atoms with van der Waals surface area (Å²) in [5, 5.41) is 4.55. The lowest BCUT2D eigenvalue weighted by atomic mass is 10.1. The summed E-state index contributed by atoms with van der Waals surface area (Å²) in [6.45, 7) is 4.26. The van der Waals surface area contributed by atoms with Gasteiger partial charge >= 0.3 is 0 Å². The first kappa shape index (κ1) is 12.5. The minimum atomic E-state index is 0.347. The van der Waals surface area contributed by atoms with Crippen LogP contribution in [0.3, 0.4) is 0 Å². The Balaban J connectivity index is 2.45. The highest BCUT2D eigenvalue weighted by Crippen LogP contribution is 2.23. The molecule has 2 heterocycles. The maximum Gasteiger partial charge on any atom is 0.153 e. The van der Waals surface area contributed by atoms with Crippen molar-refractivity contribution in [1.82, 2.24) is 14.8 Å². The highest BCUT2D eigenvalue weighted by molar-refractivity contribution is 5.85. The summed E-state index contributed by atoms with van der Waals surface area (Å²) in [6, 6.07) is 4.08. The Morgan fingerprint density at radius 3 is 2.50 bits per heavy atom. The van der Waals surface area contributed by atoms with Crippen molar-refractivity contribution in [2.75, 3.05) is 0 Å². The van der Waals surface area contributed by atoms with Gasteiger partial charge in [0, 0.05) is 24.2 Å². The molecule has 0 N–H and O–H groups in total. The zero-order valence-corrected chi connectivity index (χ0v) is 10.7. The average molecular weight is 243 g/mol. The van der Waals surface area contributed by atoms with Gasteiger partial charge in [0.15, 0.2) is 6.29 Å². The summed E-state index contributed by atoms with van der Waals surface area (Å²) in [7, 11) is 0. The van der Waals surface area contributed by atoms with E-state index in [2.05, 4.69) is 23.9 Å². The van der Waals surface area contributed by atoms with Gasteiger partial charge in [0.05, 0.1) is 11.6 Å². The van der Waals surface area contributed by atoms with Gasteiger partial charge in [0.25, 0.3) is 0 Å². The Hall–Kier alpha value is -1.97. The molecule has 0 fully saturated rings. The fraction of sp³-hybridized carbons (Fsp3) is 0.357. The summed E-state index contributed by atoms with van der Waals surface area (Å²) in [4.78, 5) is 15.1. The molecule has 0 aliphatic heterocycles. The summed E-state index contributed by atoms with van der Waals surface area (Å²) < 4.78 is 1.90. The number of carbonyl (C=O) groups excluding carboxylic acids is 1. The number of hydrogen-bond donors (Lipinski definition) is 0. The Kier molecular flexibility index (Phi) is 3.87. The molecule has 0 amide bonds. The van der Waals surface area contributed by atoms with Crippen LogP contribution in [0.5, 0.6) is 0 Å². The molecule has 0 aliphatic rings. The van der Waals surface area contributed by atoms with Gasteiger partial charge in [-0.3, -0.25) is 14.5 Å². The molecule has 0 bridgehead atoms. The first-order valence-electron chi connectivity index (χ1n) is 6.24. The second-order valence-electron chi connectivity index (χ2n) is 4.24. The van der Waals surface area contributed by atoms with Gasteiger partial charge < -0.3 is 0 Å². The Morgan fingerprint density at radius 1 is 1.28 bits per heavy atom. The average Bonchev–Trinajstić information content (AvgIpc) is 2.85. The number of rotatable bonds is 5. The number of aromatic nitrogens is 3. The summed E-state index contributed by atoms with van der Waals surface area (Å²) in [5.74, 6) is 0. The van der Waals surface area contributed by atoms with Gasteiger partial charge in [-0.05, 0) is 25.0 Å². The van der Waals surface area contributed by atoms with Gasteiger partial charge in [-0.1, -0.05) is 13.8 Å². The van der Waals surface area contributed by atoms with Crippen molar-refractivity contribution in [1.29, 1.82) is 0 Å². The van der Waals surface area contributed by atoms with Crippen LogP contribution in [0.15, 0.2) is 30.7 Å². The molecule has 0 unspecified atom stereocenters. The third kappa shape index (κ3) is 2.32. The molecule has 0 aliphatic carbocycles. The van der Waals surface area contributed by atoms with Crippen LogP contribution < -0.4 is 0 Å². The van der Waals surface area contributed by atoms with Gasteiger partial charge in [-0.15, -0.1) is 0 Å². The normalized spacial score (nSPS) is 10.8. The van der Waals surface area contributed by atoms with Crippen molar-refractivity contribution in [3.05, 3.63) is 36.3 Å². The first-order chi connectivity index (χ1) is 8.80. The van der Waals surface area contributed by atoms with Gasteiger partial charge in [-0.2, -0.15) is 5.10 Å². The molecule has 4 nitrogen and oxygen atoms in total. The van der Waals surface area contributed by atoms with Crippen LogP contribution >= 0.6 is 0 Å². The first-order valence-corrected chi connectivity index (χ1v) is 6.24. The standard InChI is InChI=1S/C14H17N3O/c1-3-13(4-2)17-9-12(10-18)14(16-17)11-5-7-15-8-6-11/h5-10,13H,3-4H2,1-2H3. The van der Waals surface area contributed by atoms with Crippen LogP contribution in [0, 0.1) is 0 Å². The Labute approximate surface area is 107 Å². The van der Waals surface area contributed by atoms with E-state index in [9.17, 15) is 4.79 Å². The number of carbonyl (C=O) groups is 1. The lowest BCUT2D eigenvalue weighted by molar-refractivity contribution is 0.112. The lowest BCUT2D eigenvalue weighted by Gasteiger charge is -2.12. The largest absolute Gasteiger partial charge is 0.298 e. The van der Waals surface area contributed by atoms with E-state index in [1.54, 1.807) is 12.4 Å². The van der Waals surface area contributed by atoms with E-state index < -0.39 is 0 Å². The van der Waals surface area contributed by atoms with Crippen LogP contribution in [-0.2, 0) is 0 Å². The number of aldehydes is 1. The molecule has 94 valence electrons. The maximum absolute atomic E-state index is 11.1. The predicted molar refractivity (Wildman–Crippen MR) is 70.5 cm³/mol. The molecular weight excluding hydrogens is 226 g/mol. The second kappa shape index (κ2) is 5.58. The minimum Gasteiger partial charge on any atom is -0.298 e. The van der Waals surface area contributed by atoms with Crippen molar-refractivity contribution in [2.45, 2.75) is 32.7 Å². The molecule has 0 atom stereocenters. The fourth-order valence-electron chi connectivity index (χ4n) is 2.08. The van der Waals surface area contributed by atoms with E-state index in [1.165, 1.54) is 0 Å². The van der Waals surface area contributed by atoms with Gasteiger partial charge in [0.2, 0.25) is 0 Å². The van der Waals surface area contributed by atoms with E-state index in [1.807, 2.05) is 23.0 Å². The SMILES string of the molecule is CCC(CC)n1cc(C=O)c(-c2ccncc2)n1.